The van der Waals surface area contributed by atoms with Crippen LogP contribution in [0.2, 0.25) is 0 Å². The van der Waals surface area contributed by atoms with Crippen molar-refractivity contribution in [2.75, 3.05) is 26.3 Å². The quantitative estimate of drug-likeness (QED) is 0.805. The lowest BCUT2D eigenvalue weighted by Gasteiger charge is -2.26. The molecule has 1 fully saturated rings. The fourth-order valence-corrected chi connectivity index (χ4v) is 3.72. The summed E-state index contributed by atoms with van der Waals surface area (Å²) < 4.78 is 25.0. The van der Waals surface area contributed by atoms with Gasteiger partial charge in [0.1, 0.15) is 11.6 Å². The number of carbonyl (C=O) groups excluding carboxylic acids is 2. The molecule has 0 saturated carbocycles. The van der Waals surface area contributed by atoms with E-state index < -0.39 is 11.7 Å². The summed E-state index contributed by atoms with van der Waals surface area (Å²) in [6, 6.07) is 5.74. The maximum atomic E-state index is 13.8. The molecule has 152 valence electrons. The van der Waals surface area contributed by atoms with Crippen LogP contribution in [0.3, 0.4) is 0 Å². The number of hydrazone groups is 1. The lowest BCUT2D eigenvalue weighted by molar-refractivity contribution is 0.0281. The van der Waals surface area contributed by atoms with Gasteiger partial charge in [0.2, 0.25) is 0 Å². The molecule has 2 heterocycles. The zero-order chi connectivity index (χ0) is 20.4. The minimum Gasteiger partial charge on any atom is -0.455 e. The van der Waals surface area contributed by atoms with Gasteiger partial charge in [0.25, 0.3) is 11.8 Å². The van der Waals surface area contributed by atoms with Gasteiger partial charge >= 0.3 is 0 Å². The molecule has 0 radical (unpaired) electrons. The average molecular weight is 399 g/mol. The van der Waals surface area contributed by atoms with Crippen molar-refractivity contribution in [3.05, 3.63) is 58.3 Å². The predicted molar refractivity (Wildman–Crippen MR) is 104 cm³/mol. The fraction of sp³-hybridized carbons (Fsp3) is 0.381. The molecule has 0 spiro atoms. The van der Waals surface area contributed by atoms with E-state index >= 15 is 0 Å². The van der Waals surface area contributed by atoms with Gasteiger partial charge in [0.15, 0.2) is 5.76 Å². The third kappa shape index (κ3) is 3.80. The number of nitrogens with zero attached hydrogens (tertiary/aromatic N) is 2. The van der Waals surface area contributed by atoms with Gasteiger partial charge in [0, 0.05) is 30.6 Å². The number of rotatable bonds is 3. The second-order valence-electron chi connectivity index (χ2n) is 7.09. The Morgan fingerprint density at radius 3 is 2.69 bits per heavy atom. The molecule has 7 nitrogen and oxygen atoms in total. The topological polar surface area (TPSA) is 84.1 Å². The average Bonchev–Trinajstić information content (AvgIpc) is 3.09. The second-order valence-corrected chi connectivity index (χ2v) is 7.09. The van der Waals surface area contributed by atoms with Crippen LogP contribution in [-0.4, -0.2) is 48.7 Å². The van der Waals surface area contributed by atoms with Gasteiger partial charge in [-0.15, -0.1) is 0 Å². The van der Waals surface area contributed by atoms with Gasteiger partial charge in [-0.2, -0.15) is 5.10 Å². The van der Waals surface area contributed by atoms with Crippen molar-refractivity contribution in [1.82, 2.24) is 10.3 Å². The number of hydrogen-bond donors (Lipinski definition) is 1. The van der Waals surface area contributed by atoms with E-state index in [1.165, 1.54) is 18.2 Å². The van der Waals surface area contributed by atoms with E-state index in [4.69, 9.17) is 9.15 Å². The Morgan fingerprint density at radius 1 is 1.17 bits per heavy atom. The maximum Gasteiger partial charge on any atom is 0.290 e. The van der Waals surface area contributed by atoms with Gasteiger partial charge in [-0.25, -0.2) is 9.82 Å². The third-order valence-corrected chi connectivity index (χ3v) is 5.23. The van der Waals surface area contributed by atoms with E-state index in [0.29, 0.717) is 56.4 Å². The van der Waals surface area contributed by atoms with Gasteiger partial charge in [-0.3, -0.25) is 9.59 Å². The molecule has 4 rings (SSSR count). The summed E-state index contributed by atoms with van der Waals surface area (Å²) in [4.78, 5) is 26.8. The SMILES string of the molecule is Cc1c(C(=O)N2CCOCC2)oc2c1/C(=N/NC(=O)c1ccccc1F)CCC2. The smallest absolute Gasteiger partial charge is 0.290 e. The second kappa shape index (κ2) is 8.16. The van der Waals surface area contributed by atoms with E-state index in [1.807, 2.05) is 6.92 Å². The van der Waals surface area contributed by atoms with E-state index in [-0.39, 0.29) is 11.5 Å². The van der Waals surface area contributed by atoms with E-state index in [0.717, 1.165) is 17.5 Å². The molecule has 1 aliphatic heterocycles. The van der Waals surface area contributed by atoms with Crippen molar-refractivity contribution < 1.29 is 23.1 Å². The van der Waals surface area contributed by atoms with Crippen LogP contribution in [0.4, 0.5) is 4.39 Å². The first kappa shape index (κ1) is 19.3. The molecule has 2 aliphatic rings. The highest BCUT2D eigenvalue weighted by molar-refractivity contribution is 6.07. The number of carbonyl (C=O) groups is 2. The molecule has 1 aromatic heterocycles. The van der Waals surface area contributed by atoms with Crippen molar-refractivity contribution in [2.24, 2.45) is 5.10 Å². The highest BCUT2D eigenvalue weighted by Crippen LogP contribution is 2.30. The van der Waals surface area contributed by atoms with Crippen molar-refractivity contribution in [3.63, 3.8) is 0 Å². The molecule has 0 bridgehead atoms. The minimum absolute atomic E-state index is 0.0695. The number of fused-ring (bicyclic) bond motifs is 1. The Morgan fingerprint density at radius 2 is 1.93 bits per heavy atom. The van der Waals surface area contributed by atoms with Crippen molar-refractivity contribution in [3.8, 4) is 0 Å². The molecule has 1 aromatic carbocycles. The number of halogens is 1. The van der Waals surface area contributed by atoms with Crippen LogP contribution in [0.15, 0.2) is 33.8 Å². The summed E-state index contributed by atoms with van der Waals surface area (Å²) in [5.74, 6) is -0.368. The largest absolute Gasteiger partial charge is 0.455 e. The number of hydrogen-bond acceptors (Lipinski definition) is 5. The summed E-state index contributed by atoms with van der Waals surface area (Å²) in [6.07, 6.45) is 2.13. The van der Waals surface area contributed by atoms with Crippen LogP contribution >= 0.6 is 0 Å². The maximum absolute atomic E-state index is 13.8. The highest BCUT2D eigenvalue weighted by atomic mass is 19.1. The predicted octanol–water partition coefficient (Wildman–Crippen LogP) is 2.67. The van der Waals surface area contributed by atoms with Gasteiger partial charge < -0.3 is 14.1 Å². The lowest BCUT2D eigenvalue weighted by atomic mass is 9.93. The molecule has 0 unspecified atom stereocenters. The van der Waals surface area contributed by atoms with Crippen molar-refractivity contribution in [1.29, 1.82) is 0 Å². The summed E-state index contributed by atoms with van der Waals surface area (Å²) in [5, 5.41) is 4.23. The molecular weight excluding hydrogens is 377 g/mol. The first-order valence-corrected chi connectivity index (χ1v) is 9.67. The monoisotopic (exact) mass is 399 g/mol. The minimum atomic E-state index is -0.617. The Bertz CT molecular complexity index is 976. The van der Waals surface area contributed by atoms with Gasteiger partial charge in [0.05, 0.1) is 24.5 Å². The number of benzene rings is 1. The van der Waals surface area contributed by atoms with E-state index in [9.17, 15) is 14.0 Å². The van der Waals surface area contributed by atoms with Gasteiger partial charge in [-0.05, 0) is 31.9 Å². The van der Waals surface area contributed by atoms with Crippen LogP contribution < -0.4 is 5.43 Å². The van der Waals surface area contributed by atoms with E-state index in [2.05, 4.69) is 10.5 Å². The molecule has 1 N–H and O–H groups in total. The molecule has 2 amide bonds. The van der Waals surface area contributed by atoms with Crippen molar-refractivity contribution in [2.45, 2.75) is 26.2 Å². The molecular formula is C21H22FN3O4. The lowest BCUT2D eigenvalue weighted by Crippen LogP contribution is -2.40. The molecule has 1 saturated heterocycles. The summed E-state index contributed by atoms with van der Waals surface area (Å²) in [6.45, 7) is 3.92. The summed E-state index contributed by atoms with van der Waals surface area (Å²) in [7, 11) is 0. The zero-order valence-corrected chi connectivity index (χ0v) is 16.2. The summed E-state index contributed by atoms with van der Waals surface area (Å²) >= 11 is 0. The Kier molecular flexibility index (Phi) is 5.44. The fourth-order valence-electron chi connectivity index (χ4n) is 3.72. The zero-order valence-electron chi connectivity index (χ0n) is 16.2. The normalized spacial score (nSPS) is 17.9. The van der Waals surface area contributed by atoms with Crippen LogP contribution in [0.5, 0.6) is 0 Å². The number of amides is 2. The number of ether oxygens (including phenoxy) is 1. The van der Waals surface area contributed by atoms with E-state index in [1.54, 1.807) is 11.0 Å². The molecule has 2 aromatic rings. The molecule has 1 aliphatic carbocycles. The number of furan rings is 1. The molecule has 0 atom stereocenters. The van der Waals surface area contributed by atoms with Crippen molar-refractivity contribution >= 4 is 17.5 Å². The Labute approximate surface area is 167 Å². The number of aryl methyl sites for hydroxylation is 1. The van der Waals surface area contributed by atoms with Crippen LogP contribution in [0.1, 0.15) is 50.6 Å². The Hall–Kier alpha value is -3.00. The van der Waals surface area contributed by atoms with Crippen LogP contribution in [0.25, 0.3) is 0 Å². The number of morpholine rings is 1. The Balaban J connectivity index is 1.58. The van der Waals surface area contributed by atoms with Crippen LogP contribution in [-0.2, 0) is 11.2 Å². The number of nitrogens with one attached hydrogen (secondary N) is 1. The highest BCUT2D eigenvalue weighted by Gasteiger charge is 2.30. The molecule has 8 heteroatoms. The first-order chi connectivity index (χ1) is 14.1. The molecule has 29 heavy (non-hydrogen) atoms. The van der Waals surface area contributed by atoms with Gasteiger partial charge in [-0.1, -0.05) is 12.1 Å². The third-order valence-electron chi connectivity index (χ3n) is 5.23. The summed E-state index contributed by atoms with van der Waals surface area (Å²) in [5.41, 5.74) is 4.49. The first-order valence-electron chi connectivity index (χ1n) is 9.67. The standard InChI is InChI=1S/C21H22FN3O4/c1-13-18-16(23-24-20(26)14-5-2-3-6-15(14)22)7-4-8-17(18)29-19(13)21(27)25-9-11-28-12-10-25/h2-3,5-6H,4,7-12H2,1H3,(H,24,26)/b23-16+. The van der Waals surface area contributed by atoms with Crippen LogP contribution in [0, 0.1) is 12.7 Å².